The van der Waals surface area contributed by atoms with Crippen LogP contribution in [0.5, 0.6) is 11.5 Å². The third kappa shape index (κ3) is 1.62. The molecule has 0 radical (unpaired) electrons. The van der Waals surface area contributed by atoms with Gasteiger partial charge in [-0.05, 0) is 37.6 Å². The Labute approximate surface area is 101 Å². The van der Waals surface area contributed by atoms with E-state index >= 15 is 0 Å². The van der Waals surface area contributed by atoms with Crippen molar-refractivity contribution in [3.8, 4) is 11.5 Å². The summed E-state index contributed by atoms with van der Waals surface area (Å²) in [4.78, 5) is 0. The van der Waals surface area contributed by atoms with Gasteiger partial charge in [0, 0.05) is 5.56 Å². The van der Waals surface area contributed by atoms with Gasteiger partial charge in [-0.1, -0.05) is 0 Å². The fourth-order valence-electron chi connectivity index (χ4n) is 2.37. The van der Waals surface area contributed by atoms with Crippen LogP contribution in [0.1, 0.15) is 30.5 Å². The number of benzene rings is 1. The van der Waals surface area contributed by atoms with Crippen LogP contribution in [-0.4, -0.2) is 12.7 Å². The van der Waals surface area contributed by atoms with E-state index in [0.717, 1.165) is 22.6 Å². The zero-order chi connectivity index (χ0) is 12.0. The lowest BCUT2D eigenvalue weighted by Gasteiger charge is -2.29. The minimum Gasteiger partial charge on any atom is -0.496 e. The topological polar surface area (TPSA) is 27.7 Å². The summed E-state index contributed by atoms with van der Waals surface area (Å²) in [6.45, 7) is 5.36. The van der Waals surface area contributed by atoms with Gasteiger partial charge in [-0.25, -0.2) is 0 Å². The minimum absolute atomic E-state index is 0.258. The van der Waals surface area contributed by atoms with Crippen LogP contribution in [0, 0.1) is 0 Å². The zero-order valence-electron chi connectivity index (χ0n) is 10.4. The molecular formula is C14H16O3. The highest BCUT2D eigenvalue weighted by Gasteiger charge is 2.28. The van der Waals surface area contributed by atoms with Crippen molar-refractivity contribution in [2.24, 2.45) is 0 Å². The number of methoxy groups -OCH3 is 1. The van der Waals surface area contributed by atoms with Gasteiger partial charge in [0.1, 0.15) is 17.1 Å². The molecule has 0 aliphatic carbocycles. The highest BCUT2D eigenvalue weighted by molar-refractivity contribution is 5.70. The third-order valence-electron chi connectivity index (χ3n) is 3.21. The average Bonchev–Trinajstić information content (AvgIpc) is 2.72. The van der Waals surface area contributed by atoms with Crippen molar-refractivity contribution in [2.75, 3.05) is 7.11 Å². The number of fused-ring (bicyclic) bond motifs is 2. The molecule has 2 heterocycles. The first-order valence-corrected chi connectivity index (χ1v) is 5.79. The Balaban J connectivity index is 2.20. The Bertz CT molecular complexity index is 501. The van der Waals surface area contributed by atoms with E-state index in [4.69, 9.17) is 14.2 Å². The minimum atomic E-state index is -0.258. The molecule has 2 aliphatic heterocycles. The molecule has 1 aromatic carbocycles. The van der Waals surface area contributed by atoms with E-state index in [1.54, 1.807) is 7.11 Å². The van der Waals surface area contributed by atoms with Crippen molar-refractivity contribution < 1.29 is 14.2 Å². The predicted octanol–water partition coefficient (Wildman–Crippen LogP) is 2.91. The zero-order valence-corrected chi connectivity index (χ0v) is 10.4. The molecule has 0 atom stereocenters. The monoisotopic (exact) mass is 232 g/mol. The van der Waals surface area contributed by atoms with E-state index in [1.165, 1.54) is 5.56 Å². The van der Waals surface area contributed by atoms with Crippen LogP contribution in [0.4, 0.5) is 0 Å². The fourth-order valence-corrected chi connectivity index (χ4v) is 2.37. The lowest BCUT2D eigenvalue weighted by Crippen LogP contribution is -2.27. The molecule has 0 spiro atoms. The molecule has 3 heteroatoms. The van der Waals surface area contributed by atoms with Gasteiger partial charge in [0.25, 0.3) is 0 Å². The quantitative estimate of drug-likeness (QED) is 0.745. The van der Waals surface area contributed by atoms with Crippen LogP contribution in [0.3, 0.4) is 0 Å². The summed E-state index contributed by atoms with van der Waals surface area (Å²) in [5.41, 5.74) is 3.09. The molecule has 0 amide bonds. The van der Waals surface area contributed by atoms with Crippen LogP contribution in [0.2, 0.25) is 0 Å². The maximum atomic E-state index is 5.96. The number of rotatable bonds is 1. The first kappa shape index (κ1) is 10.7. The number of hydrogen-bond acceptors (Lipinski definition) is 3. The smallest absolute Gasteiger partial charge is 0.135 e. The van der Waals surface area contributed by atoms with Crippen LogP contribution in [-0.2, 0) is 18.0 Å². The second-order valence-corrected chi connectivity index (χ2v) is 4.99. The number of hydrogen-bond donors (Lipinski definition) is 0. The van der Waals surface area contributed by atoms with Crippen molar-refractivity contribution in [1.82, 2.24) is 0 Å². The molecule has 3 nitrogen and oxygen atoms in total. The van der Waals surface area contributed by atoms with Crippen molar-refractivity contribution in [1.29, 1.82) is 0 Å². The summed E-state index contributed by atoms with van der Waals surface area (Å²) >= 11 is 0. The second kappa shape index (κ2) is 3.50. The van der Waals surface area contributed by atoms with Gasteiger partial charge < -0.3 is 14.2 Å². The molecule has 0 saturated carbocycles. The average molecular weight is 232 g/mol. The van der Waals surface area contributed by atoms with Gasteiger partial charge in [0.15, 0.2) is 0 Å². The van der Waals surface area contributed by atoms with Crippen molar-refractivity contribution >= 4 is 6.08 Å². The van der Waals surface area contributed by atoms with E-state index in [-0.39, 0.29) is 5.60 Å². The third-order valence-corrected chi connectivity index (χ3v) is 3.21. The predicted molar refractivity (Wildman–Crippen MR) is 65.2 cm³/mol. The molecule has 0 saturated heterocycles. The Kier molecular flexibility index (Phi) is 2.20. The van der Waals surface area contributed by atoms with Gasteiger partial charge in [-0.3, -0.25) is 0 Å². The van der Waals surface area contributed by atoms with Crippen LogP contribution in [0.15, 0.2) is 12.1 Å². The molecule has 1 aromatic rings. The van der Waals surface area contributed by atoms with Crippen molar-refractivity contribution in [3.05, 3.63) is 28.8 Å². The SMILES string of the molecule is COc1c2c(cc3c1COC3)OC(C)(C)C=C2. The normalized spacial score (nSPS) is 19.5. The molecule has 3 rings (SSSR count). The van der Waals surface area contributed by atoms with Gasteiger partial charge in [0.2, 0.25) is 0 Å². The maximum Gasteiger partial charge on any atom is 0.135 e. The maximum absolute atomic E-state index is 5.96. The first-order valence-electron chi connectivity index (χ1n) is 5.79. The molecule has 90 valence electrons. The second-order valence-electron chi connectivity index (χ2n) is 4.99. The largest absolute Gasteiger partial charge is 0.496 e. The van der Waals surface area contributed by atoms with Crippen LogP contribution >= 0.6 is 0 Å². The number of ether oxygens (including phenoxy) is 3. The van der Waals surface area contributed by atoms with E-state index < -0.39 is 0 Å². The molecular weight excluding hydrogens is 216 g/mol. The molecule has 2 aliphatic rings. The lowest BCUT2D eigenvalue weighted by molar-refractivity contribution is 0.133. The summed E-state index contributed by atoms with van der Waals surface area (Å²) in [5.74, 6) is 1.78. The molecule has 0 N–H and O–H groups in total. The Hall–Kier alpha value is -1.48. The highest BCUT2D eigenvalue weighted by Crippen LogP contribution is 2.43. The summed E-state index contributed by atoms with van der Waals surface area (Å²) in [6, 6.07) is 2.07. The summed E-state index contributed by atoms with van der Waals surface area (Å²) in [5, 5.41) is 0. The van der Waals surface area contributed by atoms with Gasteiger partial charge >= 0.3 is 0 Å². The Morgan fingerprint density at radius 3 is 2.88 bits per heavy atom. The van der Waals surface area contributed by atoms with Crippen LogP contribution in [0.25, 0.3) is 6.08 Å². The fraction of sp³-hybridized carbons (Fsp3) is 0.429. The van der Waals surface area contributed by atoms with E-state index in [1.807, 2.05) is 13.8 Å². The van der Waals surface area contributed by atoms with Crippen molar-refractivity contribution in [2.45, 2.75) is 32.7 Å². The van der Waals surface area contributed by atoms with E-state index in [9.17, 15) is 0 Å². The summed E-state index contributed by atoms with van der Waals surface area (Å²) < 4.78 is 16.9. The molecule has 0 unspecified atom stereocenters. The lowest BCUT2D eigenvalue weighted by atomic mass is 9.97. The molecule has 0 fully saturated rings. The Morgan fingerprint density at radius 2 is 2.12 bits per heavy atom. The van der Waals surface area contributed by atoms with E-state index in [0.29, 0.717) is 13.2 Å². The summed E-state index contributed by atoms with van der Waals surface area (Å²) in [6.07, 6.45) is 4.14. The van der Waals surface area contributed by atoms with E-state index in [2.05, 4.69) is 18.2 Å². The van der Waals surface area contributed by atoms with Gasteiger partial charge in [-0.2, -0.15) is 0 Å². The van der Waals surface area contributed by atoms with Crippen molar-refractivity contribution in [3.63, 3.8) is 0 Å². The van der Waals surface area contributed by atoms with Gasteiger partial charge in [0.05, 0.1) is 25.9 Å². The first-order chi connectivity index (χ1) is 8.11. The van der Waals surface area contributed by atoms with Crippen LogP contribution < -0.4 is 9.47 Å². The standard InChI is InChI=1S/C14H16O3/c1-14(2)5-4-10-12(17-14)6-9-7-16-8-11(9)13(10)15-3/h4-6H,7-8H2,1-3H3. The molecule has 0 bridgehead atoms. The highest BCUT2D eigenvalue weighted by atomic mass is 16.5. The summed E-state index contributed by atoms with van der Waals surface area (Å²) in [7, 11) is 1.70. The molecule has 0 aromatic heterocycles. The van der Waals surface area contributed by atoms with Gasteiger partial charge in [-0.15, -0.1) is 0 Å². The Morgan fingerprint density at radius 1 is 1.29 bits per heavy atom. The molecule has 17 heavy (non-hydrogen) atoms.